The number of hydrogen-bond donors (Lipinski definition) is 1. The maximum absolute atomic E-state index is 15.1. The summed E-state index contributed by atoms with van der Waals surface area (Å²) >= 11 is 1.98. The van der Waals surface area contributed by atoms with E-state index >= 15 is 4.39 Å². The van der Waals surface area contributed by atoms with E-state index in [1.807, 2.05) is 22.6 Å². The number of sulfonamides is 1. The molecule has 0 saturated heterocycles. The largest absolute Gasteiger partial charge is 0.353 e. The summed E-state index contributed by atoms with van der Waals surface area (Å²) in [6.07, 6.45) is 1.04. The molecule has 3 aromatic rings. The van der Waals surface area contributed by atoms with E-state index in [9.17, 15) is 12.8 Å². The molecule has 1 aliphatic carbocycles. The molecule has 0 amide bonds. The van der Waals surface area contributed by atoms with Crippen LogP contribution >= 0.6 is 22.6 Å². The number of anilines is 1. The lowest BCUT2D eigenvalue weighted by molar-refractivity contribution is 0.434. The second-order valence-electron chi connectivity index (χ2n) is 6.62. The van der Waals surface area contributed by atoms with Crippen LogP contribution in [0.5, 0.6) is 0 Å². The molecule has 4 rings (SSSR count). The van der Waals surface area contributed by atoms with Crippen molar-refractivity contribution in [3.8, 4) is 0 Å². The van der Waals surface area contributed by atoms with Gasteiger partial charge in [0.05, 0.1) is 16.6 Å². The number of nitrogens with zero attached hydrogens (tertiary/aromatic N) is 1. The van der Waals surface area contributed by atoms with Crippen molar-refractivity contribution in [3.63, 3.8) is 0 Å². The number of aryl methyl sites for hydroxylation is 1. The quantitative estimate of drug-likeness (QED) is 0.519. The molecule has 142 valence electrons. The predicted molar refractivity (Wildman–Crippen MR) is 106 cm³/mol. The Labute approximate surface area is 168 Å². The Morgan fingerprint density at radius 3 is 2.70 bits per heavy atom. The summed E-state index contributed by atoms with van der Waals surface area (Å²) in [7, 11) is -3.62. The minimum Gasteiger partial charge on any atom is -0.353 e. The highest BCUT2D eigenvalue weighted by Gasteiger charge is 2.36. The van der Waals surface area contributed by atoms with Gasteiger partial charge >= 0.3 is 0 Å². The minimum absolute atomic E-state index is 0.0305. The highest BCUT2D eigenvalue weighted by atomic mass is 127. The van der Waals surface area contributed by atoms with Crippen LogP contribution in [0, 0.1) is 22.1 Å². The predicted octanol–water partition coefficient (Wildman–Crippen LogP) is 4.51. The summed E-state index contributed by atoms with van der Waals surface area (Å²) < 4.78 is 62.5. The van der Waals surface area contributed by atoms with Crippen molar-refractivity contribution in [1.82, 2.24) is 5.16 Å². The van der Waals surface area contributed by atoms with Gasteiger partial charge in [0, 0.05) is 20.9 Å². The number of halogens is 3. The summed E-state index contributed by atoms with van der Waals surface area (Å²) in [4.78, 5) is 0. The molecule has 0 atom stereocenters. The standard InChI is InChI=1S/C18H15F2IN2O3S/c1-9-13-8-16(23-27(24,25)12-4-5-12)14(17(20)18(13)26-22-9)6-10-2-3-11(21)7-15(10)19/h2-3,7-8,12,23H,4-6H2,1H3. The van der Waals surface area contributed by atoms with Crippen molar-refractivity contribution < 1.29 is 21.7 Å². The van der Waals surface area contributed by atoms with E-state index in [0.29, 0.717) is 27.5 Å². The summed E-state index contributed by atoms with van der Waals surface area (Å²) in [5, 5.41) is 3.66. The summed E-state index contributed by atoms with van der Waals surface area (Å²) in [6.45, 7) is 1.64. The van der Waals surface area contributed by atoms with E-state index in [0.717, 1.165) is 0 Å². The van der Waals surface area contributed by atoms with Crippen molar-refractivity contribution >= 4 is 49.3 Å². The van der Waals surface area contributed by atoms with Gasteiger partial charge in [-0.1, -0.05) is 11.2 Å². The number of benzene rings is 2. The minimum atomic E-state index is -3.62. The van der Waals surface area contributed by atoms with Gasteiger partial charge in [-0.05, 0) is 66.1 Å². The number of fused-ring (bicyclic) bond motifs is 1. The first kappa shape index (κ1) is 18.6. The van der Waals surface area contributed by atoms with Gasteiger partial charge in [-0.3, -0.25) is 4.72 Å². The lowest BCUT2D eigenvalue weighted by Gasteiger charge is -2.14. The Hall–Kier alpha value is -1.75. The second-order valence-corrected chi connectivity index (χ2v) is 9.83. The molecular weight excluding hydrogens is 489 g/mol. The van der Waals surface area contributed by atoms with Crippen molar-refractivity contribution in [3.05, 3.63) is 56.3 Å². The van der Waals surface area contributed by atoms with Gasteiger partial charge in [0.1, 0.15) is 5.82 Å². The zero-order valence-corrected chi connectivity index (χ0v) is 17.2. The fourth-order valence-corrected chi connectivity index (χ4v) is 4.79. The zero-order valence-electron chi connectivity index (χ0n) is 14.2. The fourth-order valence-electron chi connectivity index (χ4n) is 2.93. The smallest absolute Gasteiger partial charge is 0.235 e. The Kier molecular flexibility index (Phi) is 4.61. The van der Waals surface area contributed by atoms with Gasteiger partial charge in [-0.25, -0.2) is 17.2 Å². The van der Waals surface area contributed by atoms with Crippen LogP contribution < -0.4 is 4.72 Å². The van der Waals surface area contributed by atoms with Gasteiger partial charge < -0.3 is 4.52 Å². The third-order valence-electron chi connectivity index (χ3n) is 4.58. The van der Waals surface area contributed by atoms with Crippen LogP contribution in [0.2, 0.25) is 0 Å². The third-order valence-corrected chi connectivity index (χ3v) is 7.11. The molecule has 27 heavy (non-hydrogen) atoms. The molecule has 1 N–H and O–H groups in total. The normalized spacial score (nSPS) is 14.7. The van der Waals surface area contributed by atoms with E-state index in [1.54, 1.807) is 19.1 Å². The van der Waals surface area contributed by atoms with Crippen molar-refractivity contribution in [2.45, 2.75) is 31.4 Å². The molecule has 1 saturated carbocycles. The van der Waals surface area contributed by atoms with Crippen molar-refractivity contribution in [2.75, 3.05) is 4.72 Å². The molecule has 0 spiro atoms. The molecule has 1 heterocycles. The Morgan fingerprint density at radius 2 is 2.04 bits per heavy atom. The molecule has 0 aliphatic heterocycles. The van der Waals surface area contributed by atoms with Crippen LogP contribution in [0.25, 0.3) is 11.0 Å². The SMILES string of the molecule is Cc1noc2c(F)c(Cc3ccc(I)cc3F)c(NS(=O)(=O)C3CC3)cc12. The lowest BCUT2D eigenvalue weighted by atomic mass is 10.0. The molecular formula is C18H15F2IN2O3S. The number of aromatic nitrogens is 1. The molecule has 2 aromatic carbocycles. The van der Waals surface area contributed by atoms with E-state index in [2.05, 4.69) is 9.88 Å². The number of hydrogen-bond acceptors (Lipinski definition) is 4. The van der Waals surface area contributed by atoms with Gasteiger partial charge in [-0.15, -0.1) is 0 Å². The van der Waals surface area contributed by atoms with Crippen molar-refractivity contribution in [1.29, 1.82) is 0 Å². The molecule has 0 radical (unpaired) electrons. The molecule has 5 nitrogen and oxygen atoms in total. The molecule has 0 bridgehead atoms. The highest BCUT2D eigenvalue weighted by Crippen LogP contribution is 2.35. The number of nitrogens with one attached hydrogen (secondary N) is 1. The molecule has 1 aromatic heterocycles. The van der Waals surface area contributed by atoms with E-state index in [-0.39, 0.29) is 28.8 Å². The fraction of sp³-hybridized carbons (Fsp3) is 0.278. The van der Waals surface area contributed by atoms with Crippen LogP contribution in [0.15, 0.2) is 28.8 Å². The van der Waals surface area contributed by atoms with Crippen LogP contribution in [-0.4, -0.2) is 18.8 Å². The van der Waals surface area contributed by atoms with Crippen LogP contribution in [-0.2, 0) is 16.4 Å². The Bertz CT molecular complexity index is 1160. The molecule has 9 heteroatoms. The summed E-state index contributed by atoms with van der Waals surface area (Å²) in [5.41, 5.74) is 0.765. The lowest BCUT2D eigenvalue weighted by Crippen LogP contribution is -2.19. The van der Waals surface area contributed by atoms with E-state index in [4.69, 9.17) is 4.52 Å². The topological polar surface area (TPSA) is 72.2 Å². The third kappa shape index (κ3) is 3.54. The highest BCUT2D eigenvalue weighted by molar-refractivity contribution is 14.1. The number of rotatable bonds is 5. The molecule has 1 fully saturated rings. The van der Waals surface area contributed by atoms with Crippen LogP contribution in [0.4, 0.5) is 14.5 Å². The first-order valence-corrected chi connectivity index (χ1v) is 10.9. The average molecular weight is 504 g/mol. The van der Waals surface area contributed by atoms with Gasteiger partial charge in [0.2, 0.25) is 15.6 Å². The second kappa shape index (κ2) is 6.69. The maximum Gasteiger partial charge on any atom is 0.235 e. The van der Waals surface area contributed by atoms with Crippen LogP contribution in [0.1, 0.15) is 29.7 Å². The summed E-state index contributed by atoms with van der Waals surface area (Å²) in [5.74, 6) is -1.22. The first-order chi connectivity index (χ1) is 12.8. The average Bonchev–Trinajstić information content (AvgIpc) is 3.39. The molecule has 0 unspecified atom stereocenters. The molecule has 1 aliphatic rings. The van der Waals surface area contributed by atoms with Gasteiger partial charge in [0.25, 0.3) is 0 Å². The van der Waals surface area contributed by atoms with E-state index < -0.39 is 26.9 Å². The Balaban J connectivity index is 1.85. The van der Waals surface area contributed by atoms with Crippen molar-refractivity contribution in [2.24, 2.45) is 0 Å². The maximum atomic E-state index is 15.1. The van der Waals surface area contributed by atoms with Gasteiger partial charge in [-0.2, -0.15) is 0 Å². The zero-order chi connectivity index (χ0) is 19.3. The first-order valence-electron chi connectivity index (χ1n) is 8.29. The summed E-state index contributed by atoms with van der Waals surface area (Å²) in [6, 6.07) is 6.12. The Morgan fingerprint density at radius 1 is 1.30 bits per heavy atom. The monoisotopic (exact) mass is 504 g/mol. The van der Waals surface area contributed by atoms with E-state index in [1.165, 1.54) is 12.1 Å². The van der Waals surface area contributed by atoms with Gasteiger partial charge in [0.15, 0.2) is 5.82 Å². The van der Waals surface area contributed by atoms with Crippen LogP contribution in [0.3, 0.4) is 0 Å².